The van der Waals surface area contributed by atoms with Crippen LogP contribution in [0, 0.1) is 0 Å². The highest BCUT2D eigenvalue weighted by Gasteiger charge is 2.53. The Morgan fingerprint density at radius 2 is 1.37 bits per heavy atom. The minimum atomic E-state index is -1.84. The third kappa shape index (κ3) is 7.59. The number of rotatable bonds is 7. The lowest BCUT2D eigenvalue weighted by molar-refractivity contribution is -0.271. The zero-order valence-electron chi connectivity index (χ0n) is 17.6. The van der Waals surface area contributed by atoms with Crippen LogP contribution in [-0.2, 0) is 47.7 Å². The fraction of sp³-hybridized carbons (Fsp3) is 0.722. The second-order valence-electron chi connectivity index (χ2n) is 7.16. The van der Waals surface area contributed by atoms with Crippen LogP contribution in [0.4, 0.5) is 0 Å². The van der Waals surface area contributed by atoms with E-state index >= 15 is 0 Å². The number of esters is 4. The maximum Gasteiger partial charge on any atom is 0.305 e. The highest BCUT2D eigenvalue weighted by atomic mass is 16.7. The van der Waals surface area contributed by atoms with Crippen molar-refractivity contribution in [2.24, 2.45) is 0 Å². The number of hydrogen-bond donors (Lipinski definition) is 2. The minimum Gasteiger partial charge on any atom is -0.463 e. The van der Waals surface area contributed by atoms with Crippen molar-refractivity contribution < 1.29 is 52.8 Å². The van der Waals surface area contributed by atoms with E-state index in [2.05, 4.69) is 5.32 Å². The molecule has 0 bridgehead atoms. The van der Waals surface area contributed by atoms with Crippen molar-refractivity contribution in [3.63, 3.8) is 0 Å². The largest absolute Gasteiger partial charge is 0.463 e. The van der Waals surface area contributed by atoms with Crippen LogP contribution in [0.5, 0.6) is 0 Å². The lowest BCUT2D eigenvalue weighted by atomic mass is 9.95. The molecule has 0 aliphatic carbocycles. The van der Waals surface area contributed by atoms with E-state index in [1.165, 1.54) is 13.8 Å². The highest BCUT2D eigenvalue weighted by Crippen LogP contribution is 2.28. The third-order valence-electron chi connectivity index (χ3n) is 3.84. The van der Waals surface area contributed by atoms with Crippen LogP contribution in [0.25, 0.3) is 0 Å². The molecule has 0 spiro atoms. The van der Waals surface area contributed by atoms with E-state index < -0.39 is 72.6 Å². The number of carbonyl (C=O) groups excluding carboxylic acids is 5. The summed E-state index contributed by atoms with van der Waals surface area (Å²) in [5, 5.41) is 12.3. The Labute approximate surface area is 173 Å². The van der Waals surface area contributed by atoms with Crippen LogP contribution >= 0.6 is 0 Å². The summed E-state index contributed by atoms with van der Waals surface area (Å²) in [5.41, 5.74) is -1.84. The van der Waals surface area contributed by atoms with Crippen molar-refractivity contribution in [3.05, 3.63) is 0 Å². The molecule has 1 fully saturated rings. The Morgan fingerprint density at radius 1 is 0.867 bits per heavy atom. The molecule has 0 unspecified atom stereocenters. The summed E-state index contributed by atoms with van der Waals surface area (Å²) in [4.78, 5) is 58.5. The summed E-state index contributed by atoms with van der Waals surface area (Å²) in [6.07, 6.45) is -5.42. The number of nitrogens with one attached hydrogen (secondary N) is 1. The molecule has 0 aromatic heterocycles. The first-order valence-electron chi connectivity index (χ1n) is 9.06. The second kappa shape index (κ2) is 10.3. The van der Waals surface area contributed by atoms with Crippen LogP contribution in [-0.4, -0.2) is 77.7 Å². The molecule has 1 amide bonds. The summed E-state index contributed by atoms with van der Waals surface area (Å²) in [5.74, 6) is -3.92. The number of amides is 1. The van der Waals surface area contributed by atoms with Gasteiger partial charge in [-0.25, -0.2) is 0 Å². The Kier molecular flexibility index (Phi) is 8.73. The van der Waals surface area contributed by atoms with Crippen molar-refractivity contribution in [1.82, 2.24) is 5.32 Å². The van der Waals surface area contributed by atoms with Gasteiger partial charge in [0.05, 0.1) is 0 Å². The Bertz CT molecular complexity index is 684. The van der Waals surface area contributed by atoms with Crippen LogP contribution in [0.15, 0.2) is 0 Å². The van der Waals surface area contributed by atoms with Gasteiger partial charge in [0.15, 0.2) is 12.2 Å². The topological polar surface area (TPSA) is 164 Å². The summed E-state index contributed by atoms with van der Waals surface area (Å²) >= 11 is 0. The fourth-order valence-corrected chi connectivity index (χ4v) is 2.65. The molecule has 1 aliphatic rings. The van der Waals surface area contributed by atoms with Crippen LogP contribution in [0.3, 0.4) is 0 Å². The Hall–Kier alpha value is -2.73. The zero-order chi connectivity index (χ0) is 23.2. The third-order valence-corrected chi connectivity index (χ3v) is 3.84. The molecule has 1 saturated heterocycles. The average Bonchev–Trinajstić information content (AvgIpc) is 2.56. The Morgan fingerprint density at radius 3 is 1.80 bits per heavy atom. The highest BCUT2D eigenvalue weighted by molar-refractivity contribution is 5.84. The van der Waals surface area contributed by atoms with Gasteiger partial charge >= 0.3 is 23.9 Å². The van der Waals surface area contributed by atoms with Gasteiger partial charge in [-0.3, -0.25) is 24.0 Å². The van der Waals surface area contributed by atoms with Crippen molar-refractivity contribution in [3.8, 4) is 0 Å². The first kappa shape index (κ1) is 25.3. The lowest BCUT2D eigenvalue weighted by Crippen LogP contribution is -2.68. The fourth-order valence-electron chi connectivity index (χ4n) is 2.65. The molecule has 12 nitrogen and oxygen atoms in total. The standard InChI is InChI=1S/C18H27NO11/c1-8(20)26-7-12-14(27-9(2)21)15(28-10(3)22)13(16(30-12)29-11(4)23)19-17(24)18(5,6)25/h12-16,25H,7H2,1-6H3,(H,19,24)/t12-,13-,14-,15-,16-/m1/s1. The van der Waals surface area contributed by atoms with Gasteiger partial charge in [-0.15, -0.1) is 0 Å². The van der Waals surface area contributed by atoms with E-state index in [0.29, 0.717) is 0 Å². The van der Waals surface area contributed by atoms with E-state index in [9.17, 15) is 29.1 Å². The van der Waals surface area contributed by atoms with E-state index in [4.69, 9.17) is 23.7 Å². The molecule has 1 rings (SSSR count). The molecule has 5 atom stereocenters. The van der Waals surface area contributed by atoms with Crippen molar-refractivity contribution in [1.29, 1.82) is 0 Å². The predicted octanol–water partition coefficient (Wildman–Crippen LogP) is -1.04. The van der Waals surface area contributed by atoms with Crippen molar-refractivity contribution >= 4 is 29.8 Å². The molecule has 0 saturated carbocycles. The van der Waals surface area contributed by atoms with Crippen LogP contribution in [0.2, 0.25) is 0 Å². The molecule has 1 heterocycles. The van der Waals surface area contributed by atoms with Crippen LogP contribution < -0.4 is 5.32 Å². The molecule has 1 aliphatic heterocycles. The maximum absolute atomic E-state index is 12.3. The summed E-state index contributed by atoms with van der Waals surface area (Å²) in [6, 6.07) is -1.35. The van der Waals surface area contributed by atoms with Crippen molar-refractivity contribution in [2.75, 3.05) is 6.61 Å². The van der Waals surface area contributed by atoms with Gasteiger partial charge in [0.1, 0.15) is 24.4 Å². The molecule has 12 heteroatoms. The van der Waals surface area contributed by atoms with Crippen molar-refractivity contribution in [2.45, 2.75) is 77.8 Å². The van der Waals surface area contributed by atoms with Gasteiger partial charge < -0.3 is 34.1 Å². The zero-order valence-corrected chi connectivity index (χ0v) is 17.6. The molecule has 30 heavy (non-hydrogen) atoms. The predicted molar refractivity (Wildman–Crippen MR) is 96.4 cm³/mol. The molecule has 0 aromatic carbocycles. The van der Waals surface area contributed by atoms with Crippen LogP contribution in [0.1, 0.15) is 41.5 Å². The monoisotopic (exact) mass is 433 g/mol. The van der Waals surface area contributed by atoms with E-state index in [0.717, 1.165) is 27.7 Å². The average molecular weight is 433 g/mol. The molecular formula is C18H27NO11. The van der Waals surface area contributed by atoms with Gasteiger partial charge in [-0.2, -0.15) is 0 Å². The first-order valence-corrected chi connectivity index (χ1v) is 9.06. The molecule has 0 aromatic rings. The summed E-state index contributed by atoms with van der Waals surface area (Å²) < 4.78 is 26.1. The number of ether oxygens (including phenoxy) is 5. The summed E-state index contributed by atoms with van der Waals surface area (Å²) in [6.45, 7) is 6.39. The number of hydrogen-bond acceptors (Lipinski definition) is 11. The van der Waals surface area contributed by atoms with Gasteiger partial charge in [0, 0.05) is 27.7 Å². The quantitative estimate of drug-likeness (QED) is 0.372. The van der Waals surface area contributed by atoms with Gasteiger partial charge in [-0.1, -0.05) is 0 Å². The molecule has 2 N–H and O–H groups in total. The Balaban J connectivity index is 3.39. The SMILES string of the molecule is CC(=O)OC[C@H]1O[C@@H](OC(C)=O)[C@H](NC(=O)C(C)(C)O)[C@@H](OC(C)=O)[C@@H]1OC(C)=O. The smallest absolute Gasteiger partial charge is 0.305 e. The maximum atomic E-state index is 12.3. The molecule has 0 radical (unpaired) electrons. The number of carbonyl (C=O) groups is 5. The lowest BCUT2D eigenvalue weighted by Gasteiger charge is -2.44. The van der Waals surface area contributed by atoms with E-state index in [1.54, 1.807) is 0 Å². The first-order chi connectivity index (χ1) is 13.7. The molecule has 170 valence electrons. The van der Waals surface area contributed by atoms with E-state index in [1.807, 2.05) is 0 Å². The summed E-state index contributed by atoms with van der Waals surface area (Å²) in [7, 11) is 0. The number of aliphatic hydroxyl groups is 1. The second-order valence-corrected chi connectivity index (χ2v) is 7.16. The van der Waals surface area contributed by atoms with Gasteiger partial charge in [0.25, 0.3) is 5.91 Å². The van der Waals surface area contributed by atoms with E-state index in [-0.39, 0.29) is 0 Å². The van der Waals surface area contributed by atoms with Gasteiger partial charge in [0.2, 0.25) is 6.29 Å². The van der Waals surface area contributed by atoms with Gasteiger partial charge in [-0.05, 0) is 13.8 Å². The molecular weight excluding hydrogens is 406 g/mol. The normalized spacial score (nSPS) is 26.2. The minimum absolute atomic E-state index is 0.422.